The first-order chi connectivity index (χ1) is 9.40. The molecule has 3 rings (SSSR count). The number of nitrogens with one attached hydrogen (secondary N) is 1. The molecule has 1 aromatic carbocycles. The Morgan fingerprint density at radius 3 is 2.55 bits per heavy atom. The van der Waals surface area contributed by atoms with Gasteiger partial charge in [0.2, 0.25) is 0 Å². The average Bonchev–Trinajstić information content (AvgIpc) is 2.67. The second-order valence-electron chi connectivity index (χ2n) is 5.98. The molecule has 2 aliphatic heterocycles. The van der Waals surface area contributed by atoms with Gasteiger partial charge in [-0.1, -0.05) is 29.3 Å². The Kier molecular flexibility index (Phi) is 3.78. The zero-order chi connectivity index (χ0) is 14.4. The van der Waals surface area contributed by atoms with Gasteiger partial charge in [-0.2, -0.15) is 0 Å². The van der Waals surface area contributed by atoms with Gasteiger partial charge in [0.05, 0.1) is 11.5 Å². The minimum absolute atomic E-state index is 0.0288. The third kappa shape index (κ3) is 2.71. The van der Waals surface area contributed by atoms with Gasteiger partial charge in [-0.15, -0.1) is 0 Å². The zero-order valence-corrected chi connectivity index (χ0v) is 13.4. The quantitative estimate of drug-likeness (QED) is 0.924. The zero-order valence-electron chi connectivity index (χ0n) is 11.0. The molecule has 0 aliphatic carbocycles. The summed E-state index contributed by atoms with van der Waals surface area (Å²) in [6, 6.07) is 5.55. The highest BCUT2D eigenvalue weighted by Gasteiger charge is 2.48. The molecule has 2 fully saturated rings. The van der Waals surface area contributed by atoms with Crippen LogP contribution in [0.5, 0.6) is 0 Å². The topological polar surface area (TPSA) is 46.2 Å². The van der Waals surface area contributed by atoms with E-state index in [1.54, 1.807) is 6.07 Å². The fraction of sp³-hybridized carbons (Fsp3) is 0.571. The molecule has 110 valence electrons. The molecule has 1 unspecified atom stereocenters. The van der Waals surface area contributed by atoms with Crippen LogP contribution in [0.4, 0.5) is 0 Å². The van der Waals surface area contributed by atoms with E-state index < -0.39 is 9.84 Å². The first-order valence-electron chi connectivity index (χ1n) is 6.75. The molecule has 0 radical (unpaired) electrons. The molecular weight excluding hydrogens is 317 g/mol. The highest BCUT2D eigenvalue weighted by Crippen LogP contribution is 2.43. The van der Waals surface area contributed by atoms with E-state index >= 15 is 0 Å². The smallest absolute Gasteiger partial charge is 0.150 e. The number of rotatable bonds is 3. The van der Waals surface area contributed by atoms with Crippen molar-refractivity contribution in [3.05, 3.63) is 33.8 Å². The van der Waals surface area contributed by atoms with Crippen molar-refractivity contribution in [2.45, 2.75) is 12.8 Å². The van der Waals surface area contributed by atoms with Crippen molar-refractivity contribution in [3.8, 4) is 0 Å². The summed E-state index contributed by atoms with van der Waals surface area (Å²) in [4.78, 5) is 0. The standard InChI is InChI=1S/C14H17Cl2NO2S/c15-12-2-1-10(13(16)5-12)6-14(8-17-9-14)11-3-4-20(18,19)7-11/h1-2,5,11,17H,3-4,6-9H2. The Labute approximate surface area is 129 Å². The first kappa shape index (κ1) is 14.6. The van der Waals surface area contributed by atoms with Crippen molar-refractivity contribution in [2.75, 3.05) is 24.6 Å². The average molecular weight is 334 g/mol. The second kappa shape index (κ2) is 5.16. The highest BCUT2D eigenvalue weighted by atomic mass is 35.5. The van der Waals surface area contributed by atoms with Crippen LogP contribution in [-0.4, -0.2) is 33.0 Å². The van der Waals surface area contributed by atoms with Crippen LogP contribution >= 0.6 is 23.2 Å². The summed E-state index contributed by atoms with van der Waals surface area (Å²) >= 11 is 12.2. The maximum atomic E-state index is 11.7. The van der Waals surface area contributed by atoms with E-state index in [1.807, 2.05) is 12.1 Å². The van der Waals surface area contributed by atoms with E-state index in [0.29, 0.717) is 21.6 Å². The predicted octanol–water partition coefficient (Wildman–Crippen LogP) is 2.56. The summed E-state index contributed by atoms with van der Waals surface area (Å²) in [5.74, 6) is 0.883. The Balaban J connectivity index is 1.83. The van der Waals surface area contributed by atoms with Crippen LogP contribution < -0.4 is 5.32 Å². The molecule has 6 heteroatoms. The third-order valence-corrected chi connectivity index (χ3v) is 6.97. The molecule has 1 N–H and O–H groups in total. The molecule has 2 heterocycles. The van der Waals surface area contributed by atoms with Crippen molar-refractivity contribution in [1.29, 1.82) is 0 Å². The van der Waals surface area contributed by atoms with Gasteiger partial charge >= 0.3 is 0 Å². The van der Waals surface area contributed by atoms with Crippen molar-refractivity contribution < 1.29 is 8.42 Å². The van der Waals surface area contributed by atoms with Gasteiger partial charge in [0.25, 0.3) is 0 Å². The maximum Gasteiger partial charge on any atom is 0.150 e. The predicted molar refractivity (Wildman–Crippen MR) is 82.2 cm³/mol. The van der Waals surface area contributed by atoms with Crippen LogP contribution in [0.3, 0.4) is 0 Å². The van der Waals surface area contributed by atoms with E-state index in [4.69, 9.17) is 23.2 Å². The molecule has 0 bridgehead atoms. The lowest BCUT2D eigenvalue weighted by Crippen LogP contribution is -2.59. The second-order valence-corrected chi connectivity index (χ2v) is 9.05. The lowest BCUT2D eigenvalue weighted by Gasteiger charge is -2.47. The number of hydrogen-bond acceptors (Lipinski definition) is 3. The molecule has 20 heavy (non-hydrogen) atoms. The van der Waals surface area contributed by atoms with Crippen LogP contribution in [0.25, 0.3) is 0 Å². The molecule has 1 atom stereocenters. The van der Waals surface area contributed by atoms with Crippen molar-refractivity contribution in [2.24, 2.45) is 11.3 Å². The number of halogens is 2. The molecule has 1 aromatic rings. The number of benzene rings is 1. The Hall–Kier alpha value is -0.290. The fourth-order valence-electron chi connectivity index (χ4n) is 3.33. The summed E-state index contributed by atoms with van der Waals surface area (Å²) < 4.78 is 23.5. The van der Waals surface area contributed by atoms with Crippen molar-refractivity contribution in [3.63, 3.8) is 0 Å². The summed E-state index contributed by atoms with van der Waals surface area (Å²) in [5.41, 5.74) is 1.09. The molecule has 0 aromatic heterocycles. The number of hydrogen-bond donors (Lipinski definition) is 1. The Morgan fingerprint density at radius 1 is 1.30 bits per heavy atom. The molecular formula is C14H17Cl2NO2S. The summed E-state index contributed by atoms with van der Waals surface area (Å²) in [7, 11) is -2.85. The van der Waals surface area contributed by atoms with Gasteiger partial charge in [0.15, 0.2) is 9.84 Å². The Bertz CT molecular complexity index is 626. The van der Waals surface area contributed by atoms with Gasteiger partial charge in [-0.25, -0.2) is 8.42 Å². The van der Waals surface area contributed by atoms with Crippen LogP contribution in [0.2, 0.25) is 10.0 Å². The Morgan fingerprint density at radius 2 is 2.05 bits per heavy atom. The van der Waals surface area contributed by atoms with Gasteiger partial charge in [0, 0.05) is 28.5 Å². The summed E-state index contributed by atoms with van der Waals surface area (Å²) in [6.07, 6.45) is 1.59. The summed E-state index contributed by atoms with van der Waals surface area (Å²) in [6.45, 7) is 1.73. The normalized spacial score (nSPS) is 27.2. The SMILES string of the molecule is O=S1(=O)CCC(C2(Cc3ccc(Cl)cc3Cl)CNC2)C1. The third-order valence-electron chi connectivity index (χ3n) is 4.61. The molecule has 0 amide bonds. The minimum Gasteiger partial charge on any atom is -0.315 e. The first-order valence-corrected chi connectivity index (χ1v) is 9.33. The molecule has 3 nitrogen and oxygen atoms in total. The van der Waals surface area contributed by atoms with E-state index in [9.17, 15) is 8.42 Å². The monoisotopic (exact) mass is 333 g/mol. The summed E-state index contributed by atoms with van der Waals surface area (Å²) in [5, 5.41) is 4.59. The van der Waals surface area contributed by atoms with Gasteiger partial charge < -0.3 is 5.32 Å². The van der Waals surface area contributed by atoms with Crippen molar-refractivity contribution in [1.82, 2.24) is 5.32 Å². The van der Waals surface area contributed by atoms with E-state index in [0.717, 1.165) is 31.5 Å². The van der Waals surface area contributed by atoms with Gasteiger partial charge in [-0.05, 0) is 36.5 Å². The lowest BCUT2D eigenvalue weighted by molar-refractivity contribution is 0.0925. The molecule has 0 saturated carbocycles. The van der Waals surface area contributed by atoms with Gasteiger partial charge in [-0.3, -0.25) is 0 Å². The van der Waals surface area contributed by atoms with E-state index in [1.165, 1.54) is 0 Å². The largest absolute Gasteiger partial charge is 0.315 e. The molecule has 2 saturated heterocycles. The minimum atomic E-state index is -2.85. The number of sulfone groups is 1. The van der Waals surface area contributed by atoms with Crippen LogP contribution in [0.1, 0.15) is 12.0 Å². The van der Waals surface area contributed by atoms with E-state index in [-0.39, 0.29) is 11.3 Å². The van der Waals surface area contributed by atoms with Crippen LogP contribution in [0.15, 0.2) is 18.2 Å². The molecule has 2 aliphatic rings. The van der Waals surface area contributed by atoms with Crippen LogP contribution in [-0.2, 0) is 16.3 Å². The maximum absolute atomic E-state index is 11.7. The highest BCUT2D eigenvalue weighted by molar-refractivity contribution is 7.91. The van der Waals surface area contributed by atoms with Gasteiger partial charge in [0.1, 0.15) is 0 Å². The molecule has 0 spiro atoms. The fourth-order valence-corrected chi connectivity index (χ4v) is 5.75. The lowest BCUT2D eigenvalue weighted by atomic mass is 9.67. The van der Waals surface area contributed by atoms with Crippen molar-refractivity contribution >= 4 is 33.0 Å². The van der Waals surface area contributed by atoms with E-state index in [2.05, 4.69) is 5.32 Å². The van der Waals surface area contributed by atoms with Crippen LogP contribution in [0, 0.1) is 11.3 Å².